The van der Waals surface area contributed by atoms with Crippen LogP contribution >= 0.6 is 0 Å². The van der Waals surface area contributed by atoms with Crippen molar-refractivity contribution in [3.8, 4) is 0 Å². The van der Waals surface area contributed by atoms with Crippen LogP contribution in [-0.4, -0.2) is 21.3 Å². The van der Waals surface area contributed by atoms with Gasteiger partial charge in [0.2, 0.25) is 5.75 Å². The van der Waals surface area contributed by atoms with Crippen molar-refractivity contribution in [3.63, 3.8) is 0 Å². The molecule has 0 rings (SSSR count). The molecule has 0 fully saturated rings. The third kappa shape index (κ3) is 6.72. The minimum atomic E-state index is -0.687. The van der Waals surface area contributed by atoms with E-state index < -0.39 is 11.2 Å². The van der Waals surface area contributed by atoms with Gasteiger partial charge in [0.15, 0.2) is 0 Å². The predicted octanol–water partition coefficient (Wildman–Crippen LogP) is 1.35. The summed E-state index contributed by atoms with van der Waals surface area (Å²) in [6, 6.07) is 0. The molecule has 0 spiro atoms. The second-order valence-electron chi connectivity index (χ2n) is 2.66. The van der Waals surface area contributed by atoms with Crippen molar-refractivity contribution in [3.05, 3.63) is 0 Å². The molecule has 0 aromatic heterocycles. The van der Waals surface area contributed by atoms with Crippen LogP contribution in [0.3, 0.4) is 0 Å². The van der Waals surface area contributed by atoms with E-state index in [9.17, 15) is 8.76 Å². The van der Waals surface area contributed by atoms with Crippen molar-refractivity contribution in [1.29, 1.82) is 0 Å². The van der Waals surface area contributed by atoms with E-state index in [-0.39, 0.29) is 5.25 Å². The van der Waals surface area contributed by atoms with Crippen molar-refractivity contribution in [2.45, 2.75) is 31.9 Å². The van der Waals surface area contributed by atoms with E-state index in [1.54, 1.807) is 0 Å². The molecule has 11 heavy (non-hydrogen) atoms. The first-order valence-electron chi connectivity index (χ1n) is 3.80. The normalized spacial score (nSPS) is 13.5. The molecule has 0 bridgehead atoms. The third-order valence-electron chi connectivity index (χ3n) is 1.35. The molecule has 0 aliphatic rings. The Kier molecular flexibility index (Phi) is 7.22. The summed E-state index contributed by atoms with van der Waals surface area (Å²) in [5, 5.41) is 0.259. The lowest BCUT2D eigenvalue weighted by Gasteiger charge is -2.13. The topological polar surface area (TPSA) is 40.1 Å². The summed E-state index contributed by atoms with van der Waals surface area (Å²) in [6.07, 6.45) is 1.81. The van der Waals surface area contributed by atoms with E-state index in [0.29, 0.717) is 17.4 Å². The molecular formula is C7H15O2S2+. The van der Waals surface area contributed by atoms with Gasteiger partial charge in [-0.25, -0.2) is 0 Å². The lowest BCUT2D eigenvalue weighted by molar-refractivity contribution is 0.582. The quantitative estimate of drug-likeness (QED) is 0.474. The van der Waals surface area contributed by atoms with Crippen LogP contribution in [0.2, 0.25) is 0 Å². The number of rotatable bonds is 6. The van der Waals surface area contributed by atoms with Gasteiger partial charge >= 0.3 is 11.7 Å². The molecule has 0 heterocycles. The molecule has 4 heteroatoms. The van der Waals surface area contributed by atoms with Crippen molar-refractivity contribution in [1.82, 2.24) is 0 Å². The standard InChI is InChI=1S/C7H15O2S2/c1-7(2)11(9)6-4-3-5-10-8/h7H,3-6H2,1-2H3/q+1. The molecule has 66 valence electrons. The van der Waals surface area contributed by atoms with Gasteiger partial charge in [0, 0.05) is 10.6 Å². The van der Waals surface area contributed by atoms with Crippen LogP contribution in [0.1, 0.15) is 26.7 Å². The van der Waals surface area contributed by atoms with Crippen LogP contribution in [0.4, 0.5) is 0 Å². The first kappa shape index (κ1) is 11.3. The first-order valence-corrected chi connectivity index (χ1v) is 6.09. The Labute approximate surface area is 75.4 Å². The van der Waals surface area contributed by atoms with Crippen molar-refractivity contribution < 1.29 is 8.76 Å². The third-order valence-corrected chi connectivity index (χ3v) is 3.55. The predicted molar refractivity (Wildman–Crippen MR) is 50.3 cm³/mol. The van der Waals surface area contributed by atoms with Gasteiger partial charge in [-0.15, -0.1) is 0 Å². The Morgan fingerprint density at radius 2 is 2.09 bits per heavy atom. The fraction of sp³-hybridized carbons (Fsp3) is 1.00. The summed E-state index contributed by atoms with van der Waals surface area (Å²) >= 11 is -0.0738. The fourth-order valence-electron chi connectivity index (χ4n) is 0.641. The lowest BCUT2D eigenvalue weighted by atomic mass is 10.4. The summed E-state index contributed by atoms with van der Waals surface area (Å²) in [6.45, 7) is 3.91. The Balaban J connectivity index is 3.17. The van der Waals surface area contributed by atoms with Gasteiger partial charge < -0.3 is 4.55 Å². The maximum Gasteiger partial charge on any atom is 0.458 e. The lowest BCUT2D eigenvalue weighted by Crippen LogP contribution is -2.17. The average Bonchev–Trinajstić information content (AvgIpc) is 1.97. The molecule has 0 radical (unpaired) electrons. The molecule has 2 nitrogen and oxygen atoms in total. The number of hydrogen-bond acceptors (Lipinski definition) is 2. The van der Waals surface area contributed by atoms with E-state index in [1.807, 2.05) is 13.8 Å². The molecule has 0 saturated carbocycles. The largest absolute Gasteiger partial charge is 0.616 e. The zero-order valence-corrected chi connectivity index (χ0v) is 8.67. The van der Waals surface area contributed by atoms with Crippen molar-refractivity contribution in [2.24, 2.45) is 0 Å². The molecule has 1 atom stereocenters. The Bertz CT molecular complexity index is 107. The highest BCUT2D eigenvalue weighted by Gasteiger charge is 2.10. The van der Waals surface area contributed by atoms with Gasteiger partial charge in [-0.1, -0.05) is 11.2 Å². The Hall–Kier alpha value is 0.330. The molecule has 0 aromatic carbocycles. The average molecular weight is 195 g/mol. The molecule has 0 aliphatic heterocycles. The highest BCUT2D eigenvalue weighted by molar-refractivity contribution is 7.91. The van der Waals surface area contributed by atoms with Crippen molar-refractivity contribution in [2.75, 3.05) is 11.5 Å². The molecule has 0 aliphatic carbocycles. The number of hydrogen-bond donors (Lipinski definition) is 0. The minimum Gasteiger partial charge on any atom is -0.616 e. The summed E-state index contributed by atoms with van der Waals surface area (Å²) in [4.78, 5) is 0. The molecule has 0 saturated heterocycles. The van der Waals surface area contributed by atoms with Gasteiger partial charge in [0.25, 0.3) is 0 Å². The first-order chi connectivity index (χ1) is 5.18. The fourth-order valence-corrected chi connectivity index (χ4v) is 1.92. The van der Waals surface area contributed by atoms with Crippen LogP contribution in [0.25, 0.3) is 0 Å². The summed E-state index contributed by atoms with van der Waals surface area (Å²) in [7, 11) is 0. The summed E-state index contributed by atoms with van der Waals surface area (Å²) in [5.74, 6) is 1.40. The molecule has 0 N–H and O–H groups in total. The maximum absolute atomic E-state index is 11.1. The van der Waals surface area contributed by atoms with Crippen LogP contribution in [0.15, 0.2) is 0 Å². The van der Waals surface area contributed by atoms with E-state index in [0.717, 1.165) is 18.6 Å². The zero-order chi connectivity index (χ0) is 8.69. The molecular weight excluding hydrogens is 180 g/mol. The van der Waals surface area contributed by atoms with Crippen molar-refractivity contribution >= 4 is 22.8 Å². The van der Waals surface area contributed by atoms with Crippen LogP contribution in [0.5, 0.6) is 0 Å². The van der Waals surface area contributed by atoms with E-state index in [2.05, 4.69) is 0 Å². The highest BCUT2D eigenvalue weighted by atomic mass is 32.2. The maximum atomic E-state index is 11.1. The van der Waals surface area contributed by atoms with Gasteiger partial charge in [-0.2, -0.15) is 0 Å². The van der Waals surface area contributed by atoms with E-state index in [4.69, 9.17) is 0 Å². The monoisotopic (exact) mass is 195 g/mol. The second-order valence-corrected chi connectivity index (χ2v) is 5.42. The molecule has 1 unspecified atom stereocenters. The molecule has 0 amide bonds. The zero-order valence-electron chi connectivity index (χ0n) is 7.04. The Morgan fingerprint density at radius 1 is 1.45 bits per heavy atom. The SMILES string of the molecule is CC(C)[S+]([O-])CCCC[S+]=O. The Morgan fingerprint density at radius 3 is 2.55 bits per heavy atom. The highest BCUT2D eigenvalue weighted by Crippen LogP contribution is 2.03. The van der Waals surface area contributed by atoms with Gasteiger partial charge in [0.05, 0.1) is 0 Å². The summed E-state index contributed by atoms with van der Waals surface area (Å²) < 4.78 is 21.1. The summed E-state index contributed by atoms with van der Waals surface area (Å²) in [5.41, 5.74) is 0. The van der Waals surface area contributed by atoms with Crippen LogP contribution in [0, 0.1) is 0 Å². The second kappa shape index (κ2) is 7.00. The minimum absolute atomic E-state index is 0.259. The van der Waals surface area contributed by atoms with Gasteiger partial charge in [-0.05, 0) is 20.3 Å². The van der Waals surface area contributed by atoms with E-state index in [1.165, 1.54) is 0 Å². The van der Waals surface area contributed by atoms with Gasteiger partial charge in [0.1, 0.15) is 11.0 Å². The molecule has 0 aromatic rings. The van der Waals surface area contributed by atoms with Gasteiger partial charge in [-0.3, -0.25) is 0 Å². The van der Waals surface area contributed by atoms with Crippen LogP contribution < -0.4 is 0 Å². The number of unbranched alkanes of at least 4 members (excludes halogenated alkanes) is 1. The van der Waals surface area contributed by atoms with Crippen LogP contribution in [-0.2, 0) is 27.1 Å². The van der Waals surface area contributed by atoms with E-state index >= 15 is 0 Å². The smallest absolute Gasteiger partial charge is 0.458 e.